The highest BCUT2D eigenvalue weighted by atomic mass is 35.5. The summed E-state index contributed by atoms with van der Waals surface area (Å²) in [5.41, 5.74) is 1.50. The number of benzene rings is 1. The average molecular weight is 363 g/mol. The summed E-state index contributed by atoms with van der Waals surface area (Å²) in [6, 6.07) is 7.48. The zero-order chi connectivity index (χ0) is 17.8. The lowest BCUT2D eigenvalue weighted by atomic mass is 10.2. The van der Waals surface area contributed by atoms with Gasteiger partial charge in [-0.05, 0) is 30.3 Å². The molecule has 1 aliphatic heterocycles. The zero-order valence-electron chi connectivity index (χ0n) is 13.3. The summed E-state index contributed by atoms with van der Waals surface area (Å²) in [6.45, 7) is 2.66. The summed E-state index contributed by atoms with van der Waals surface area (Å²) in [5, 5.41) is 2.58. The number of nitrogens with zero attached hydrogens (tertiary/aromatic N) is 3. The van der Waals surface area contributed by atoms with Crippen molar-refractivity contribution in [2.45, 2.75) is 0 Å². The highest BCUT2D eigenvalue weighted by Crippen LogP contribution is 2.21. The molecule has 0 radical (unpaired) electrons. The molecule has 0 saturated carbocycles. The molecule has 8 heteroatoms. The summed E-state index contributed by atoms with van der Waals surface area (Å²) >= 11 is 5.72. The Kier molecular flexibility index (Phi) is 5.14. The van der Waals surface area contributed by atoms with Crippen molar-refractivity contribution in [3.63, 3.8) is 0 Å². The second kappa shape index (κ2) is 7.48. The molecule has 0 aliphatic carbocycles. The minimum atomic E-state index is -0.547. The average Bonchev–Trinajstić information content (AvgIpc) is 2.65. The molecule has 2 heterocycles. The van der Waals surface area contributed by atoms with Crippen LogP contribution in [0.5, 0.6) is 0 Å². The van der Waals surface area contributed by atoms with Gasteiger partial charge in [-0.3, -0.25) is 14.6 Å². The largest absolute Gasteiger partial charge is 0.368 e. The first-order valence-electron chi connectivity index (χ1n) is 7.73. The van der Waals surface area contributed by atoms with Gasteiger partial charge in [-0.2, -0.15) is 0 Å². The Labute approximate surface area is 149 Å². The molecular weight excluding hydrogens is 347 g/mol. The maximum absolute atomic E-state index is 13.2. The summed E-state index contributed by atoms with van der Waals surface area (Å²) in [7, 11) is 0. The lowest BCUT2D eigenvalue weighted by Crippen LogP contribution is -2.45. The number of hydrogen-bond donors (Lipinski definition) is 1. The second-order valence-electron chi connectivity index (χ2n) is 5.61. The molecule has 2 amide bonds. The van der Waals surface area contributed by atoms with Crippen LogP contribution in [0.25, 0.3) is 0 Å². The molecule has 3 rings (SSSR count). The maximum Gasteiger partial charge on any atom is 0.274 e. The van der Waals surface area contributed by atoms with Crippen molar-refractivity contribution >= 4 is 35.3 Å². The first-order chi connectivity index (χ1) is 12.1. The minimum Gasteiger partial charge on any atom is -0.368 e. The van der Waals surface area contributed by atoms with Gasteiger partial charge in [-0.1, -0.05) is 11.6 Å². The van der Waals surface area contributed by atoms with Crippen molar-refractivity contribution in [3.05, 3.63) is 53.1 Å². The molecular formula is C17H16ClFN4O2. The molecule has 6 nitrogen and oxygen atoms in total. The number of rotatable bonds is 4. The van der Waals surface area contributed by atoms with E-state index >= 15 is 0 Å². The van der Waals surface area contributed by atoms with Crippen molar-refractivity contribution in [2.75, 3.05) is 36.4 Å². The van der Waals surface area contributed by atoms with E-state index in [0.29, 0.717) is 31.9 Å². The summed E-state index contributed by atoms with van der Waals surface area (Å²) in [4.78, 5) is 31.0. The quantitative estimate of drug-likeness (QED) is 0.848. The number of amides is 2. The van der Waals surface area contributed by atoms with E-state index in [1.54, 1.807) is 17.2 Å². The molecule has 0 bridgehead atoms. The highest BCUT2D eigenvalue weighted by molar-refractivity contribution is 6.31. The van der Waals surface area contributed by atoms with Gasteiger partial charge in [0.1, 0.15) is 11.5 Å². The lowest BCUT2D eigenvalue weighted by molar-refractivity contribution is -0.118. The SMILES string of the molecule is O=CN1CCN(c2ccnc(C(=O)Nc3ccc(F)c(Cl)c3)c2)CC1. The Morgan fingerprint density at radius 3 is 2.64 bits per heavy atom. The third-order valence-corrected chi connectivity index (χ3v) is 4.27. The van der Waals surface area contributed by atoms with Crippen LogP contribution < -0.4 is 10.2 Å². The van der Waals surface area contributed by atoms with Gasteiger partial charge in [0.15, 0.2) is 0 Å². The van der Waals surface area contributed by atoms with E-state index in [-0.39, 0.29) is 10.7 Å². The molecule has 130 valence electrons. The normalized spacial score (nSPS) is 14.3. The van der Waals surface area contributed by atoms with Gasteiger partial charge in [0.25, 0.3) is 5.91 Å². The van der Waals surface area contributed by atoms with E-state index in [1.807, 2.05) is 6.07 Å². The third-order valence-electron chi connectivity index (χ3n) is 3.98. The Morgan fingerprint density at radius 1 is 1.20 bits per heavy atom. The van der Waals surface area contributed by atoms with E-state index in [0.717, 1.165) is 12.1 Å². The number of aromatic nitrogens is 1. The van der Waals surface area contributed by atoms with Crippen molar-refractivity contribution < 1.29 is 14.0 Å². The zero-order valence-corrected chi connectivity index (χ0v) is 14.0. The Morgan fingerprint density at radius 2 is 1.96 bits per heavy atom. The number of pyridine rings is 1. The molecule has 0 unspecified atom stereocenters. The number of hydrogen-bond acceptors (Lipinski definition) is 4. The number of carbonyl (C=O) groups excluding carboxylic acids is 2. The van der Waals surface area contributed by atoms with Crippen LogP contribution in [0.4, 0.5) is 15.8 Å². The van der Waals surface area contributed by atoms with Crippen LogP contribution in [0.3, 0.4) is 0 Å². The molecule has 25 heavy (non-hydrogen) atoms. The van der Waals surface area contributed by atoms with Gasteiger partial charge < -0.3 is 15.1 Å². The van der Waals surface area contributed by atoms with Crippen LogP contribution in [-0.4, -0.2) is 48.4 Å². The van der Waals surface area contributed by atoms with Gasteiger partial charge in [-0.15, -0.1) is 0 Å². The predicted octanol–water partition coefficient (Wildman–Crippen LogP) is 2.40. The first-order valence-corrected chi connectivity index (χ1v) is 8.11. The summed E-state index contributed by atoms with van der Waals surface area (Å²) in [6.07, 6.45) is 2.41. The third kappa shape index (κ3) is 4.06. The number of halogens is 2. The van der Waals surface area contributed by atoms with Crippen LogP contribution in [0.15, 0.2) is 36.5 Å². The minimum absolute atomic E-state index is 0.0624. The predicted molar refractivity (Wildman–Crippen MR) is 93.5 cm³/mol. The standard InChI is InChI=1S/C17H16ClFN4O2/c18-14-9-12(1-2-15(14)19)21-17(25)16-10-13(3-4-20-16)23-7-5-22(11-24)6-8-23/h1-4,9-11H,5-8H2,(H,21,25). The lowest BCUT2D eigenvalue weighted by Gasteiger charge is -2.34. The second-order valence-corrected chi connectivity index (χ2v) is 6.02. The topological polar surface area (TPSA) is 65.5 Å². The fraction of sp³-hybridized carbons (Fsp3) is 0.235. The van der Waals surface area contributed by atoms with Crippen molar-refractivity contribution in [1.29, 1.82) is 0 Å². The molecule has 2 aromatic rings. The maximum atomic E-state index is 13.2. The highest BCUT2D eigenvalue weighted by Gasteiger charge is 2.17. The number of carbonyl (C=O) groups is 2. The van der Waals surface area contributed by atoms with Crippen LogP contribution in [-0.2, 0) is 4.79 Å². The van der Waals surface area contributed by atoms with Gasteiger partial charge >= 0.3 is 0 Å². The molecule has 1 saturated heterocycles. The number of piperazine rings is 1. The van der Waals surface area contributed by atoms with Gasteiger partial charge in [-0.25, -0.2) is 4.39 Å². The molecule has 1 aromatic carbocycles. The van der Waals surface area contributed by atoms with Crippen LogP contribution in [0.2, 0.25) is 5.02 Å². The molecule has 1 N–H and O–H groups in total. The van der Waals surface area contributed by atoms with Crippen molar-refractivity contribution in [3.8, 4) is 0 Å². The Hall–Kier alpha value is -2.67. The molecule has 1 aliphatic rings. The van der Waals surface area contributed by atoms with E-state index in [9.17, 15) is 14.0 Å². The van der Waals surface area contributed by atoms with E-state index < -0.39 is 11.7 Å². The van der Waals surface area contributed by atoms with E-state index in [1.165, 1.54) is 18.2 Å². The fourth-order valence-electron chi connectivity index (χ4n) is 2.59. The Balaban J connectivity index is 1.71. The summed E-state index contributed by atoms with van der Waals surface area (Å²) in [5.74, 6) is -0.953. The van der Waals surface area contributed by atoms with Crippen LogP contribution >= 0.6 is 11.6 Å². The molecule has 1 aromatic heterocycles. The van der Waals surface area contributed by atoms with Crippen LogP contribution in [0, 0.1) is 5.82 Å². The smallest absolute Gasteiger partial charge is 0.274 e. The van der Waals surface area contributed by atoms with Gasteiger partial charge in [0.2, 0.25) is 6.41 Å². The summed E-state index contributed by atoms with van der Waals surface area (Å²) < 4.78 is 13.2. The molecule has 0 spiro atoms. The Bertz CT molecular complexity index is 794. The number of nitrogens with one attached hydrogen (secondary N) is 1. The van der Waals surface area contributed by atoms with Crippen molar-refractivity contribution in [1.82, 2.24) is 9.88 Å². The van der Waals surface area contributed by atoms with Gasteiger partial charge in [0, 0.05) is 43.8 Å². The first kappa shape index (κ1) is 17.2. The monoisotopic (exact) mass is 362 g/mol. The van der Waals surface area contributed by atoms with Crippen LogP contribution in [0.1, 0.15) is 10.5 Å². The molecule has 0 atom stereocenters. The number of anilines is 2. The van der Waals surface area contributed by atoms with E-state index in [4.69, 9.17) is 11.6 Å². The molecule has 1 fully saturated rings. The fourth-order valence-corrected chi connectivity index (χ4v) is 2.78. The van der Waals surface area contributed by atoms with Gasteiger partial charge in [0.05, 0.1) is 5.02 Å². The van der Waals surface area contributed by atoms with Crippen molar-refractivity contribution in [2.24, 2.45) is 0 Å². The van der Waals surface area contributed by atoms with E-state index in [2.05, 4.69) is 15.2 Å².